The highest BCUT2D eigenvalue weighted by Gasteiger charge is 2.19. The topological polar surface area (TPSA) is 17.8 Å². The van der Waals surface area contributed by atoms with Crippen LogP contribution in [0.25, 0.3) is 0 Å². The highest BCUT2D eigenvalue weighted by Crippen LogP contribution is 2.29. The summed E-state index contributed by atoms with van der Waals surface area (Å²) in [6, 6.07) is 0. The molecule has 0 saturated heterocycles. The van der Waals surface area contributed by atoms with E-state index in [1.165, 1.54) is 30.7 Å². The second-order valence-corrected chi connectivity index (χ2v) is 3.48. The number of hydrogen-bond acceptors (Lipinski definition) is 1. The molecule has 0 saturated carbocycles. The average Bonchev–Trinajstić information content (AvgIpc) is 2.34. The molecule has 1 aromatic heterocycles. The van der Waals surface area contributed by atoms with Crippen LogP contribution in [0.3, 0.4) is 0 Å². The number of aromatic nitrogens is 2. The van der Waals surface area contributed by atoms with Gasteiger partial charge in [-0.05, 0) is 25.2 Å². The number of rotatable bonds is 0. The maximum atomic E-state index is 4.37. The normalized spacial score (nSPS) is 23.3. The van der Waals surface area contributed by atoms with Gasteiger partial charge in [0, 0.05) is 12.7 Å². The second kappa shape index (κ2) is 2.36. The molecule has 0 amide bonds. The first-order valence-electron chi connectivity index (χ1n) is 4.29. The van der Waals surface area contributed by atoms with Crippen LogP contribution >= 0.6 is 0 Å². The quantitative estimate of drug-likeness (QED) is 0.552. The highest BCUT2D eigenvalue weighted by molar-refractivity contribution is 5.20. The summed E-state index contributed by atoms with van der Waals surface area (Å²) in [6.07, 6.45) is 5.75. The van der Waals surface area contributed by atoms with Crippen LogP contribution in [0, 0.1) is 0 Å². The maximum Gasteiger partial charge on any atom is 0.0949 e. The van der Waals surface area contributed by atoms with Crippen LogP contribution in [0.2, 0.25) is 0 Å². The van der Waals surface area contributed by atoms with Gasteiger partial charge in [-0.2, -0.15) is 0 Å². The van der Waals surface area contributed by atoms with E-state index in [2.05, 4.69) is 23.5 Å². The molecule has 0 fully saturated rings. The zero-order valence-corrected chi connectivity index (χ0v) is 7.17. The molecule has 0 radical (unpaired) electrons. The van der Waals surface area contributed by atoms with Gasteiger partial charge in [-0.15, -0.1) is 0 Å². The fraction of sp³-hybridized carbons (Fsp3) is 0.667. The minimum Gasteiger partial charge on any atom is -0.337 e. The molecule has 0 bridgehead atoms. The molecule has 1 aromatic rings. The lowest BCUT2D eigenvalue weighted by Crippen LogP contribution is -2.09. The van der Waals surface area contributed by atoms with Gasteiger partial charge in [-0.1, -0.05) is 6.92 Å². The predicted molar refractivity (Wildman–Crippen MR) is 44.6 cm³/mol. The van der Waals surface area contributed by atoms with Crippen LogP contribution in [0.1, 0.15) is 37.1 Å². The molecule has 1 atom stereocenters. The standard InChI is InChI=1S/C9H14N2/c1-7-4-3-5-8-9(7)11(2)6-10-8/h6-7H,3-5H2,1-2H3/t7-/m1/s1. The number of nitrogens with zero attached hydrogens (tertiary/aromatic N) is 2. The van der Waals surface area contributed by atoms with Crippen LogP contribution in [-0.4, -0.2) is 9.55 Å². The second-order valence-electron chi connectivity index (χ2n) is 3.48. The third kappa shape index (κ3) is 0.971. The minimum atomic E-state index is 0.714. The molecule has 1 aliphatic carbocycles. The molecule has 2 rings (SSSR count). The van der Waals surface area contributed by atoms with Crippen molar-refractivity contribution in [2.45, 2.75) is 32.1 Å². The van der Waals surface area contributed by atoms with E-state index in [-0.39, 0.29) is 0 Å². The van der Waals surface area contributed by atoms with Gasteiger partial charge in [-0.25, -0.2) is 4.98 Å². The molecule has 0 aliphatic heterocycles. The molecule has 0 aromatic carbocycles. The molecular formula is C9H14N2. The lowest BCUT2D eigenvalue weighted by atomic mass is 9.91. The third-order valence-electron chi connectivity index (χ3n) is 2.58. The minimum absolute atomic E-state index is 0.714. The molecule has 0 unspecified atom stereocenters. The maximum absolute atomic E-state index is 4.37. The fourth-order valence-corrected chi connectivity index (χ4v) is 2.03. The summed E-state index contributed by atoms with van der Waals surface area (Å²) in [7, 11) is 2.09. The molecule has 0 spiro atoms. The van der Waals surface area contributed by atoms with Crippen molar-refractivity contribution in [3.05, 3.63) is 17.7 Å². The largest absolute Gasteiger partial charge is 0.337 e. The van der Waals surface area contributed by atoms with E-state index < -0.39 is 0 Å². The lowest BCUT2D eigenvalue weighted by molar-refractivity contribution is 0.554. The molecule has 2 nitrogen and oxygen atoms in total. The molecule has 0 N–H and O–H groups in total. The molecular weight excluding hydrogens is 136 g/mol. The van der Waals surface area contributed by atoms with Crippen molar-refractivity contribution < 1.29 is 0 Å². The van der Waals surface area contributed by atoms with Gasteiger partial charge in [0.15, 0.2) is 0 Å². The van der Waals surface area contributed by atoms with E-state index in [1.807, 2.05) is 6.33 Å². The van der Waals surface area contributed by atoms with E-state index in [9.17, 15) is 0 Å². The van der Waals surface area contributed by atoms with Crippen LogP contribution in [-0.2, 0) is 13.5 Å². The number of fused-ring (bicyclic) bond motifs is 1. The first kappa shape index (κ1) is 6.89. The zero-order valence-electron chi connectivity index (χ0n) is 7.17. The van der Waals surface area contributed by atoms with Crippen molar-refractivity contribution in [2.24, 2.45) is 7.05 Å². The zero-order chi connectivity index (χ0) is 7.84. The average molecular weight is 150 g/mol. The third-order valence-corrected chi connectivity index (χ3v) is 2.58. The Bertz CT molecular complexity index is 263. The van der Waals surface area contributed by atoms with E-state index in [0.717, 1.165) is 0 Å². The summed E-state index contributed by atoms with van der Waals surface area (Å²) in [4.78, 5) is 4.37. The Morgan fingerprint density at radius 3 is 3.18 bits per heavy atom. The highest BCUT2D eigenvalue weighted by atomic mass is 15.0. The molecule has 1 heterocycles. The van der Waals surface area contributed by atoms with Crippen LogP contribution in [0.4, 0.5) is 0 Å². The van der Waals surface area contributed by atoms with Crippen molar-refractivity contribution in [1.82, 2.24) is 9.55 Å². The Morgan fingerprint density at radius 2 is 2.45 bits per heavy atom. The molecule has 60 valence electrons. The molecule has 1 aliphatic rings. The predicted octanol–water partition coefficient (Wildman–Crippen LogP) is 1.86. The molecule has 11 heavy (non-hydrogen) atoms. The number of hydrogen-bond donors (Lipinski definition) is 0. The van der Waals surface area contributed by atoms with Crippen LogP contribution in [0.15, 0.2) is 6.33 Å². The summed E-state index contributed by atoms with van der Waals surface area (Å²) in [5.74, 6) is 0.714. The number of imidazole rings is 1. The smallest absolute Gasteiger partial charge is 0.0949 e. The summed E-state index contributed by atoms with van der Waals surface area (Å²) >= 11 is 0. The van der Waals surface area contributed by atoms with Gasteiger partial charge in [0.05, 0.1) is 12.0 Å². The Kier molecular flexibility index (Phi) is 1.48. The van der Waals surface area contributed by atoms with E-state index in [4.69, 9.17) is 0 Å². The van der Waals surface area contributed by atoms with Gasteiger partial charge < -0.3 is 4.57 Å². The summed E-state index contributed by atoms with van der Waals surface area (Å²) < 4.78 is 2.17. The SMILES string of the molecule is C[C@@H]1CCCc2ncn(C)c21. The van der Waals surface area contributed by atoms with Gasteiger partial charge in [0.2, 0.25) is 0 Å². The van der Waals surface area contributed by atoms with Crippen LogP contribution < -0.4 is 0 Å². The van der Waals surface area contributed by atoms with Crippen molar-refractivity contribution in [3.8, 4) is 0 Å². The summed E-state index contributed by atoms with van der Waals surface area (Å²) in [5, 5.41) is 0. The van der Waals surface area contributed by atoms with E-state index in [0.29, 0.717) is 5.92 Å². The van der Waals surface area contributed by atoms with Crippen molar-refractivity contribution in [3.63, 3.8) is 0 Å². The molecule has 2 heteroatoms. The summed E-state index contributed by atoms with van der Waals surface area (Å²) in [5.41, 5.74) is 2.78. The van der Waals surface area contributed by atoms with Gasteiger partial charge in [0.25, 0.3) is 0 Å². The Labute approximate surface area is 67.3 Å². The van der Waals surface area contributed by atoms with Crippen LogP contribution in [0.5, 0.6) is 0 Å². The first-order chi connectivity index (χ1) is 5.29. The lowest BCUT2D eigenvalue weighted by Gasteiger charge is -2.18. The van der Waals surface area contributed by atoms with Crippen molar-refractivity contribution in [2.75, 3.05) is 0 Å². The Hall–Kier alpha value is -0.790. The Balaban J connectivity index is 2.48. The van der Waals surface area contributed by atoms with Gasteiger partial charge in [0.1, 0.15) is 0 Å². The first-order valence-corrected chi connectivity index (χ1v) is 4.29. The van der Waals surface area contributed by atoms with Crippen molar-refractivity contribution >= 4 is 0 Å². The van der Waals surface area contributed by atoms with E-state index in [1.54, 1.807) is 0 Å². The van der Waals surface area contributed by atoms with Gasteiger partial charge in [-0.3, -0.25) is 0 Å². The Morgan fingerprint density at radius 1 is 1.64 bits per heavy atom. The number of aryl methyl sites for hydroxylation is 2. The van der Waals surface area contributed by atoms with Gasteiger partial charge >= 0.3 is 0 Å². The fourth-order valence-electron chi connectivity index (χ4n) is 2.03. The van der Waals surface area contributed by atoms with E-state index >= 15 is 0 Å². The monoisotopic (exact) mass is 150 g/mol. The summed E-state index contributed by atoms with van der Waals surface area (Å²) in [6.45, 7) is 2.29. The van der Waals surface area contributed by atoms with Crippen molar-refractivity contribution in [1.29, 1.82) is 0 Å².